The van der Waals surface area contributed by atoms with Crippen molar-refractivity contribution in [3.05, 3.63) is 0 Å². The average molecular weight is 687 g/mol. The molecule has 0 fully saturated rings. The van der Waals surface area contributed by atoms with Gasteiger partial charge in [0.05, 0.1) is 0 Å². The summed E-state index contributed by atoms with van der Waals surface area (Å²) in [7, 11) is 0. The Balaban J connectivity index is -0.0000000818. The van der Waals surface area contributed by atoms with Crippen molar-refractivity contribution in [2.75, 3.05) is 0 Å². The molecule has 0 rings (SSSR count). The highest BCUT2D eigenvalue weighted by atomic mass is 13.9. The lowest BCUT2D eigenvalue weighted by Gasteiger charge is -1.90. The van der Waals surface area contributed by atoms with E-state index in [-0.39, 0.29) is 0 Å². The molecular formula is C48H110. The third-order valence-electron chi connectivity index (χ3n) is 8.20. The normalized spacial score (nSPS) is 9.38. The molecule has 0 saturated carbocycles. The van der Waals surface area contributed by atoms with Gasteiger partial charge in [-0.2, -0.15) is 0 Å². The standard InChI is InChI=1S/6C7H16.C6H14/c6*1-3-5-7-6-4-2;1-3-5-6-4-2/h6*3-7H2,1-2H3;3-6H2,1-2H3. The molecule has 0 amide bonds. The van der Waals surface area contributed by atoms with Crippen LogP contribution in [0, 0.1) is 0 Å². The minimum absolute atomic E-state index is 1.36. The summed E-state index contributed by atoms with van der Waals surface area (Å²) in [5.41, 5.74) is 0. The molecule has 48 heavy (non-hydrogen) atoms. The molecule has 0 radical (unpaired) electrons. The van der Waals surface area contributed by atoms with E-state index in [1.165, 1.54) is 218 Å². The van der Waals surface area contributed by atoms with Gasteiger partial charge in [-0.3, -0.25) is 0 Å². The third-order valence-corrected chi connectivity index (χ3v) is 8.20. The molecule has 0 unspecified atom stereocenters. The Morgan fingerprint density at radius 3 is 0.229 bits per heavy atom. The summed E-state index contributed by atoms with van der Waals surface area (Å²) < 4.78 is 0. The highest BCUT2D eigenvalue weighted by Crippen LogP contribution is 2.03. The van der Waals surface area contributed by atoms with Gasteiger partial charge in [-0.25, -0.2) is 0 Å². The van der Waals surface area contributed by atoms with Crippen LogP contribution < -0.4 is 0 Å². The second kappa shape index (κ2) is 86.0. The summed E-state index contributed by atoms with van der Waals surface area (Å²) in [4.78, 5) is 0. The van der Waals surface area contributed by atoms with Crippen LogP contribution in [0.3, 0.4) is 0 Å². The van der Waals surface area contributed by atoms with Crippen molar-refractivity contribution in [2.24, 2.45) is 0 Å². The Bertz CT molecular complexity index is 240. The zero-order chi connectivity index (χ0) is 38.0. The van der Waals surface area contributed by atoms with Crippen LogP contribution in [0.25, 0.3) is 0 Å². The maximum Gasteiger partial charge on any atom is -0.0533 e. The largest absolute Gasteiger partial charge is 0.0654 e. The highest BCUT2D eigenvalue weighted by Gasteiger charge is 1.83. The average Bonchev–Trinajstić information content (AvgIpc) is 3.10. The van der Waals surface area contributed by atoms with E-state index < -0.39 is 0 Å². The zero-order valence-electron chi connectivity index (χ0n) is 38.0. The summed E-state index contributed by atoms with van der Waals surface area (Å²) >= 11 is 0. The molecule has 0 spiro atoms. The van der Waals surface area contributed by atoms with Gasteiger partial charge in [0.2, 0.25) is 0 Å². The lowest BCUT2D eigenvalue weighted by molar-refractivity contribution is 0.656. The van der Waals surface area contributed by atoms with E-state index >= 15 is 0 Å². The summed E-state index contributed by atoms with van der Waals surface area (Å²) in [6.45, 7) is 31.4. The molecule has 302 valence electrons. The van der Waals surface area contributed by atoms with Gasteiger partial charge >= 0.3 is 0 Å². The van der Waals surface area contributed by atoms with Gasteiger partial charge in [-0.1, -0.05) is 315 Å². The molecule has 0 aliphatic rings. The first-order chi connectivity index (χ1) is 23.4. The molecule has 0 aliphatic carbocycles. The smallest absolute Gasteiger partial charge is 0.0533 e. The van der Waals surface area contributed by atoms with Crippen molar-refractivity contribution in [3.8, 4) is 0 Å². The molecule has 0 N–H and O–H groups in total. The Kier molecular flexibility index (Phi) is 113. The van der Waals surface area contributed by atoms with Gasteiger partial charge in [0.25, 0.3) is 0 Å². The molecule has 0 aromatic rings. The molecule has 0 heteroatoms. The van der Waals surface area contributed by atoms with Crippen LogP contribution in [0.5, 0.6) is 0 Å². The minimum atomic E-state index is 1.36. The Morgan fingerprint density at radius 1 is 0.104 bits per heavy atom. The van der Waals surface area contributed by atoms with E-state index in [0.717, 1.165) is 0 Å². The topological polar surface area (TPSA) is 0 Å². The van der Waals surface area contributed by atoms with E-state index in [0.29, 0.717) is 0 Å². The SMILES string of the molecule is CCCCCC.CCCCCCC.CCCCCCC.CCCCCCC.CCCCCCC.CCCCCCC.CCCCCCC. The predicted molar refractivity (Wildman–Crippen MR) is 236 cm³/mol. The lowest BCUT2D eigenvalue weighted by Crippen LogP contribution is -1.70. The van der Waals surface area contributed by atoms with Crippen LogP contribution in [-0.4, -0.2) is 0 Å². The van der Waals surface area contributed by atoms with Crippen LogP contribution >= 0.6 is 0 Å². The van der Waals surface area contributed by atoms with Gasteiger partial charge < -0.3 is 0 Å². The second-order valence-corrected chi connectivity index (χ2v) is 14.1. The van der Waals surface area contributed by atoms with E-state index in [2.05, 4.69) is 96.9 Å². The maximum atomic E-state index is 2.25. The molecular weight excluding hydrogens is 577 g/mol. The van der Waals surface area contributed by atoms with Gasteiger partial charge in [0.15, 0.2) is 0 Å². The molecule has 0 atom stereocenters. The van der Waals surface area contributed by atoms with Crippen LogP contribution in [0.4, 0.5) is 0 Å². The van der Waals surface area contributed by atoms with Gasteiger partial charge in [0.1, 0.15) is 0 Å². The molecule has 0 aromatic heterocycles. The Hall–Kier alpha value is 0. The summed E-state index contributed by atoms with van der Waals surface area (Å²) in [6.07, 6.45) is 47.6. The van der Waals surface area contributed by atoms with Crippen LogP contribution in [-0.2, 0) is 0 Å². The molecule has 0 heterocycles. The number of hydrogen-bond acceptors (Lipinski definition) is 0. The Morgan fingerprint density at radius 2 is 0.167 bits per heavy atom. The molecule has 0 aromatic carbocycles. The quantitative estimate of drug-likeness (QED) is 0.0755. The fourth-order valence-electron chi connectivity index (χ4n) is 4.56. The Labute approximate surface area is 314 Å². The molecule has 0 bridgehead atoms. The first kappa shape index (κ1) is 63.1. The number of hydrogen-bond donors (Lipinski definition) is 0. The zero-order valence-corrected chi connectivity index (χ0v) is 38.0. The van der Waals surface area contributed by atoms with Crippen LogP contribution in [0.1, 0.15) is 315 Å². The third kappa shape index (κ3) is 128. The molecule has 0 nitrogen and oxygen atoms in total. The number of unbranched alkanes of at least 4 members (excludes halogenated alkanes) is 27. The summed E-state index contributed by atoms with van der Waals surface area (Å²) in [6, 6.07) is 0. The van der Waals surface area contributed by atoms with Crippen LogP contribution in [0.15, 0.2) is 0 Å². The molecule has 0 aliphatic heterocycles. The van der Waals surface area contributed by atoms with Crippen molar-refractivity contribution in [3.63, 3.8) is 0 Å². The van der Waals surface area contributed by atoms with E-state index in [4.69, 9.17) is 0 Å². The lowest BCUT2D eigenvalue weighted by atomic mass is 10.2. The number of rotatable bonds is 27. The summed E-state index contributed by atoms with van der Waals surface area (Å²) in [5.74, 6) is 0. The van der Waals surface area contributed by atoms with Crippen molar-refractivity contribution in [1.82, 2.24) is 0 Å². The van der Waals surface area contributed by atoms with Crippen molar-refractivity contribution < 1.29 is 0 Å². The van der Waals surface area contributed by atoms with E-state index in [1.54, 1.807) is 0 Å². The van der Waals surface area contributed by atoms with Crippen molar-refractivity contribution in [2.45, 2.75) is 315 Å². The fraction of sp³-hybridized carbons (Fsp3) is 1.00. The maximum absolute atomic E-state index is 2.25. The first-order valence-corrected chi connectivity index (χ1v) is 23.4. The van der Waals surface area contributed by atoms with Gasteiger partial charge in [-0.15, -0.1) is 0 Å². The minimum Gasteiger partial charge on any atom is -0.0654 e. The van der Waals surface area contributed by atoms with E-state index in [9.17, 15) is 0 Å². The van der Waals surface area contributed by atoms with Crippen LogP contribution in [0.2, 0.25) is 0 Å². The van der Waals surface area contributed by atoms with Crippen molar-refractivity contribution in [1.29, 1.82) is 0 Å². The monoisotopic (exact) mass is 687 g/mol. The van der Waals surface area contributed by atoms with Gasteiger partial charge in [0, 0.05) is 0 Å². The first-order valence-electron chi connectivity index (χ1n) is 23.4. The van der Waals surface area contributed by atoms with Gasteiger partial charge in [-0.05, 0) is 0 Å². The molecule has 0 saturated heterocycles. The predicted octanol–water partition coefficient (Wildman–Crippen LogP) is 20.4. The van der Waals surface area contributed by atoms with E-state index in [1.807, 2.05) is 0 Å². The van der Waals surface area contributed by atoms with Crippen molar-refractivity contribution >= 4 is 0 Å². The summed E-state index contributed by atoms with van der Waals surface area (Å²) in [5, 5.41) is 0. The highest BCUT2D eigenvalue weighted by molar-refractivity contribution is 4.39. The second-order valence-electron chi connectivity index (χ2n) is 14.1. The fourth-order valence-corrected chi connectivity index (χ4v) is 4.56.